The number of fused-ring (bicyclic) bond motifs is 1. The number of piperidine rings is 1. The first-order valence-electron chi connectivity index (χ1n) is 8.24. The lowest BCUT2D eigenvalue weighted by atomic mass is 10.1. The molecule has 1 aliphatic heterocycles. The molecule has 2 aromatic rings. The van der Waals surface area contributed by atoms with E-state index < -0.39 is 0 Å². The highest BCUT2D eigenvalue weighted by Crippen LogP contribution is 2.29. The van der Waals surface area contributed by atoms with Gasteiger partial charge in [-0.2, -0.15) is 0 Å². The van der Waals surface area contributed by atoms with Gasteiger partial charge in [-0.05, 0) is 50.9 Å². The third kappa shape index (κ3) is 2.85. The van der Waals surface area contributed by atoms with Gasteiger partial charge in [0.2, 0.25) is 0 Å². The Balaban J connectivity index is 2.02. The largest absolute Gasteiger partial charge is 0.344 e. The van der Waals surface area contributed by atoms with E-state index in [9.17, 15) is 0 Å². The molecule has 1 aromatic heterocycles. The van der Waals surface area contributed by atoms with Crippen molar-refractivity contribution in [1.82, 2.24) is 9.47 Å². The van der Waals surface area contributed by atoms with Crippen LogP contribution in [0.4, 0.5) is 0 Å². The monoisotopic (exact) mass is 285 g/mol. The van der Waals surface area contributed by atoms with E-state index in [1.54, 1.807) is 0 Å². The van der Waals surface area contributed by atoms with Gasteiger partial charge < -0.3 is 10.3 Å². The minimum absolute atomic E-state index is 0.468. The zero-order valence-electron chi connectivity index (χ0n) is 13.3. The molecule has 1 saturated heterocycles. The second kappa shape index (κ2) is 6.20. The van der Waals surface area contributed by atoms with Crippen molar-refractivity contribution in [2.75, 3.05) is 13.1 Å². The van der Waals surface area contributed by atoms with Gasteiger partial charge in [0.25, 0.3) is 0 Å². The van der Waals surface area contributed by atoms with Crippen LogP contribution in [0.2, 0.25) is 0 Å². The zero-order valence-corrected chi connectivity index (χ0v) is 13.3. The van der Waals surface area contributed by atoms with Gasteiger partial charge in [-0.1, -0.05) is 24.6 Å². The van der Waals surface area contributed by atoms with Crippen LogP contribution < -0.4 is 5.73 Å². The van der Waals surface area contributed by atoms with Crippen molar-refractivity contribution in [2.45, 2.75) is 52.2 Å². The summed E-state index contributed by atoms with van der Waals surface area (Å²) >= 11 is 0. The summed E-state index contributed by atoms with van der Waals surface area (Å²) in [5, 5.41) is 1.39. The summed E-state index contributed by atoms with van der Waals surface area (Å²) < 4.78 is 2.40. The molecule has 0 radical (unpaired) electrons. The summed E-state index contributed by atoms with van der Waals surface area (Å²) in [6.45, 7) is 8.66. The molecule has 2 N–H and O–H groups in total. The average Bonchev–Trinajstić information content (AvgIpc) is 2.87. The number of para-hydroxylation sites is 1. The smallest absolute Gasteiger partial charge is 0.0531 e. The van der Waals surface area contributed by atoms with Gasteiger partial charge in [0.05, 0.1) is 5.52 Å². The SMILES string of the molecule is CC(C)n1cc(CN2CCCCC2)c2cccc(CN)c21. The molecule has 2 heterocycles. The van der Waals surface area contributed by atoms with E-state index in [0.29, 0.717) is 12.6 Å². The van der Waals surface area contributed by atoms with Gasteiger partial charge in [0, 0.05) is 30.7 Å². The summed E-state index contributed by atoms with van der Waals surface area (Å²) in [5.74, 6) is 0. The van der Waals surface area contributed by atoms with E-state index >= 15 is 0 Å². The Labute approximate surface area is 127 Å². The summed E-state index contributed by atoms with van der Waals surface area (Å²) in [7, 11) is 0. The predicted molar refractivity (Wildman–Crippen MR) is 89.3 cm³/mol. The topological polar surface area (TPSA) is 34.2 Å². The fraction of sp³-hybridized carbons (Fsp3) is 0.556. The Kier molecular flexibility index (Phi) is 4.32. The molecule has 21 heavy (non-hydrogen) atoms. The summed E-state index contributed by atoms with van der Waals surface area (Å²) in [5.41, 5.74) is 10.0. The number of nitrogens with zero attached hydrogens (tertiary/aromatic N) is 2. The molecule has 0 atom stereocenters. The summed E-state index contributed by atoms with van der Waals surface area (Å²) in [4.78, 5) is 2.60. The lowest BCUT2D eigenvalue weighted by Gasteiger charge is -2.26. The molecule has 0 amide bonds. The van der Waals surface area contributed by atoms with Crippen LogP contribution in [0.3, 0.4) is 0 Å². The van der Waals surface area contributed by atoms with Crippen molar-refractivity contribution in [1.29, 1.82) is 0 Å². The maximum Gasteiger partial charge on any atom is 0.0531 e. The first kappa shape index (κ1) is 14.6. The van der Waals surface area contributed by atoms with Crippen molar-refractivity contribution in [2.24, 2.45) is 5.73 Å². The molecule has 1 fully saturated rings. The number of hydrogen-bond donors (Lipinski definition) is 1. The normalized spacial score (nSPS) is 17.0. The lowest BCUT2D eigenvalue weighted by Crippen LogP contribution is -2.28. The van der Waals surface area contributed by atoms with Crippen LogP contribution in [-0.2, 0) is 13.1 Å². The van der Waals surface area contributed by atoms with E-state index in [1.165, 1.54) is 54.4 Å². The summed E-state index contributed by atoms with van der Waals surface area (Å²) in [6.07, 6.45) is 6.43. The van der Waals surface area contributed by atoms with Crippen LogP contribution in [0.15, 0.2) is 24.4 Å². The highest BCUT2D eigenvalue weighted by atomic mass is 15.1. The summed E-state index contributed by atoms with van der Waals surface area (Å²) in [6, 6.07) is 7.03. The molecule has 0 saturated carbocycles. The third-order valence-corrected chi connectivity index (χ3v) is 4.64. The van der Waals surface area contributed by atoms with E-state index in [1.807, 2.05) is 0 Å². The average molecular weight is 285 g/mol. The Morgan fingerprint density at radius 2 is 1.86 bits per heavy atom. The molecule has 3 nitrogen and oxygen atoms in total. The van der Waals surface area contributed by atoms with Crippen LogP contribution in [0, 0.1) is 0 Å². The van der Waals surface area contributed by atoms with E-state index in [0.717, 1.165) is 6.54 Å². The Hall–Kier alpha value is -1.32. The fourth-order valence-electron chi connectivity index (χ4n) is 3.51. The molecule has 114 valence electrons. The molecule has 3 rings (SSSR count). The predicted octanol–water partition coefficient (Wildman–Crippen LogP) is 3.67. The van der Waals surface area contributed by atoms with E-state index in [2.05, 4.69) is 47.7 Å². The number of hydrogen-bond acceptors (Lipinski definition) is 2. The van der Waals surface area contributed by atoms with Crippen LogP contribution >= 0.6 is 0 Å². The first-order valence-corrected chi connectivity index (χ1v) is 8.24. The Morgan fingerprint density at radius 3 is 2.52 bits per heavy atom. The maximum absolute atomic E-state index is 5.95. The Bertz CT molecular complexity index is 606. The van der Waals surface area contributed by atoms with Gasteiger partial charge in [0.15, 0.2) is 0 Å². The third-order valence-electron chi connectivity index (χ3n) is 4.64. The highest BCUT2D eigenvalue weighted by molar-refractivity contribution is 5.87. The number of benzene rings is 1. The zero-order chi connectivity index (χ0) is 14.8. The molecule has 1 aliphatic rings. The number of rotatable bonds is 4. The molecule has 0 aliphatic carbocycles. The molecule has 1 aromatic carbocycles. The van der Waals surface area contributed by atoms with Crippen LogP contribution in [-0.4, -0.2) is 22.6 Å². The van der Waals surface area contributed by atoms with Gasteiger partial charge in [-0.15, -0.1) is 0 Å². The Morgan fingerprint density at radius 1 is 1.10 bits per heavy atom. The molecule has 3 heteroatoms. The lowest BCUT2D eigenvalue weighted by molar-refractivity contribution is 0.221. The van der Waals surface area contributed by atoms with Crippen LogP contribution in [0.5, 0.6) is 0 Å². The molecule has 0 spiro atoms. The second-order valence-corrected chi connectivity index (χ2v) is 6.51. The van der Waals surface area contributed by atoms with Crippen LogP contribution in [0.1, 0.15) is 50.3 Å². The van der Waals surface area contributed by atoms with E-state index in [4.69, 9.17) is 5.73 Å². The van der Waals surface area contributed by atoms with Crippen molar-refractivity contribution in [3.8, 4) is 0 Å². The van der Waals surface area contributed by atoms with Gasteiger partial charge in [-0.25, -0.2) is 0 Å². The van der Waals surface area contributed by atoms with Gasteiger partial charge >= 0.3 is 0 Å². The maximum atomic E-state index is 5.95. The van der Waals surface area contributed by atoms with Crippen molar-refractivity contribution in [3.05, 3.63) is 35.5 Å². The van der Waals surface area contributed by atoms with Gasteiger partial charge in [0.1, 0.15) is 0 Å². The molecular weight excluding hydrogens is 258 g/mol. The number of aromatic nitrogens is 1. The van der Waals surface area contributed by atoms with Crippen LogP contribution in [0.25, 0.3) is 10.9 Å². The molecular formula is C18H27N3. The quantitative estimate of drug-likeness (QED) is 0.930. The van der Waals surface area contributed by atoms with Crippen molar-refractivity contribution in [3.63, 3.8) is 0 Å². The van der Waals surface area contributed by atoms with Crippen molar-refractivity contribution >= 4 is 10.9 Å². The molecule has 0 unspecified atom stereocenters. The minimum atomic E-state index is 0.468. The molecule has 0 bridgehead atoms. The van der Waals surface area contributed by atoms with E-state index in [-0.39, 0.29) is 0 Å². The minimum Gasteiger partial charge on any atom is -0.344 e. The van der Waals surface area contributed by atoms with Crippen molar-refractivity contribution < 1.29 is 0 Å². The number of likely N-dealkylation sites (tertiary alicyclic amines) is 1. The highest BCUT2D eigenvalue weighted by Gasteiger charge is 2.17. The standard InChI is InChI=1S/C18H27N3/c1-14(2)21-13-16(12-20-9-4-3-5-10-20)17-8-6-7-15(11-19)18(17)21/h6-8,13-14H,3-5,9-12,19H2,1-2H3. The first-order chi connectivity index (χ1) is 10.2. The fourth-order valence-corrected chi connectivity index (χ4v) is 3.51. The van der Waals surface area contributed by atoms with Gasteiger partial charge in [-0.3, -0.25) is 4.90 Å². The second-order valence-electron chi connectivity index (χ2n) is 6.51. The number of nitrogens with two attached hydrogens (primary N) is 1.